The molecule has 0 fully saturated rings. The van der Waals surface area contributed by atoms with Crippen LogP contribution in [0.15, 0.2) is 114 Å². The second-order valence-corrected chi connectivity index (χ2v) is 9.81. The van der Waals surface area contributed by atoms with Gasteiger partial charge in [-0.15, -0.1) is 11.8 Å². The molecule has 0 spiro atoms. The maximum absolute atomic E-state index is 13.4. The fraction of sp³-hybridized carbons (Fsp3) is 0.0345. The number of halogens is 2. The third-order valence-electron chi connectivity index (χ3n) is 5.11. The average Bonchev–Trinajstić information content (AvgIpc) is 2.89. The van der Waals surface area contributed by atoms with Crippen LogP contribution in [0.2, 0.25) is 10.0 Å². The highest BCUT2D eigenvalue weighted by atomic mass is 35.5. The second-order valence-electron chi connectivity index (χ2n) is 7.78. The summed E-state index contributed by atoms with van der Waals surface area (Å²) in [4.78, 5) is 26.6. The molecule has 2 N–H and O–H groups in total. The zero-order valence-electron chi connectivity index (χ0n) is 19.0. The summed E-state index contributed by atoms with van der Waals surface area (Å²) < 4.78 is 0. The highest BCUT2D eigenvalue weighted by Crippen LogP contribution is 2.38. The van der Waals surface area contributed by atoms with E-state index in [2.05, 4.69) is 10.6 Å². The largest absolute Gasteiger partial charge is 0.323 e. The van der Waals surface area contributed by atoms with E-state index in [0.717, 1.165) is 16.0 Å². The van der Waals surface area contributed by atoms with E-state index in [1.807, 2.05) is 84.9 Å². The summed E-state index contributed by atoms with van der Waals surface area (Å²) in [6, 6.07) is 31.4. The molecular formula is C29H22Cl2N2O2S. The highest BCUT2D eigenvalue weighted by molar-refractivity contribution is 8.00. The standard InChI is InChI=1S/C29H22Cl2N2O2S/c30-22-15-16-25(31)26(18-22)33-29(35)28(21-10-5-2-6-11-21)36-24-13-7-12-23(19-24)32-27(34)17-14-20-8-3-1-4-9-20/h1-19,28H,(H,32,34)(H,33,35)/b17-14+. The Morgan fingerprint density at radius 1 is 0.778 bits per heavy atom. The van der Waals surface area contributed by atoms with Crippen LogP contribution in [0.5, 0.6) is 0 Å². The molecule has 0 aliphatic heterocycles. The van der Waals surface area contributed by atoms with Gasteiger partial charge in [-0.3, -0.25) is 9.59 Å². The molecule has 0 bridgehead atoms. The normalized spacial score (nSPS) is 11.7. The Hall–Kier alpha value is -3.51. The fourth-order valence-corrected chi connectivity index (χ4v) is 4.82. The quantitative estimate of drug-likeness (QED) is 0.178. The number of anilines is 2. The Morgan fingerprint density at radius 3 is 2.25 bits per heavy atom. The van der Waals surface area contributed by atoms with Gasteiger partial charge < -0.3 is 10.6 Å². The van der Waals surface area contributed by atoms with E-state index in [1.165, 1.54) is 17.8 Å². The number of carbonyl (C=O) groups is 2. The number of amides is 2. The first-order valence-electron chi connectivity index (χ1n) is 11.1. The predicted molar refractivity (Wildman–Crippen MR) is 151 cm³/mol. The number of rotatable bonds is 8. The van der Waals surface area contributed by atoms with Crippen LogP contribution in [0.1, 0.15) is 16.4 Å². The summed E-state index contributed by atoms with van der Waals surface area (Å²) in [5.41, 5.74) is 2.85. The van der Waals surface area contributed by atoms with Crippen LogP contribution in [0.3, 0.4) is 0 Å². The number of carbonyl (C=O) groups excluding carboxylic acids is 2. The maximum Gasteiger partial charge on any atom is 0.248 e. The van der Waals surface area contributed by atoms with Crippen molar-refractivity contribution in [1.29, 1.82) is 0 Å². The van der Waals surface area contributed by atoms with Gasteiger partial charge in [-0.25, -0.2) is 0 Å². The lowest BCUT2D eigenvalue weighted by atomic mass is 10.1. The van der Waals surface area contributed by atoms with E-state index in [0.29, 0.717) is 21.4 Å². The van der Waals surface area contributed by atoms with Crippen LogP contribution >= 0.6 is 35.0 Å². The fourth-order valence-electron chi connectivity index (χ4n) is 3.40. The third-order valence-corrected chi connectivity index (χ3v) is 6.92. The molecule has 7 heteroatoms. The topological polar surface area (TPSA) is 58.2 Å². The van der Waals surface area contributed by atoms with Crippen LogP contribution in [0.25, 0.3) is 6.08 Å². The predicted octanol–water partition coefficient (Wildman–Crippen LogP) is 8.12. The van der Waals surface area contributed by atoms with Crippen LogP contribution in [0.4, 0.5) is 11.4 Å². The number of hydrogen-bond acceptors (Lipinski definition) is 3. The Morgan fingerprint density at radius 2 is 1.50 bits per heavy atom. The molecule has 1 atom stereocenters. The molecular weight excluding hydrogens is 511 g/mol. The first kappa shape index (κ1) is 25.6. The summed E-state index contributed by atoms with van der Waals surface area (Å²) in [5.74, 6) is -0.482. The van der Waals surface area contributed by atoms with Crippen molar-refractivity contribution in [3.63, 3.8) is 0 Å². The Labute approximate surface area is 224 Å². The lowest BCUT2D eigenvalue weighted by Gasteiger charge is -2.18. The Bertz CT molecular complexity index is 1380. The molecule has 0 aliphatic rings. The minimum Gasteiger partial charge on any atom is -0.323 e. The number of hydrogen-bond donors (Lipinski definition) is 2. The zero-order chi connectivity index (χ0) is 25.3. The van der Waals surface area contributed by atoms with E-state index in [1.54, 1.807) is 24.3 Å². The molecule has 0 saturated heterocycles. The summed E-state index contributed by atoms with van der Waals surface area (Å²) in [6.07, 6.45) is 3.24. The van der Waals surface area contributed by atoms with E-state index < -0.39 is 5.25 Å². The highest BCUT2D eigenvalue weighted by Gasteiger charge is 2.23. The van der Waals surface area contributed by atoms with E-state index in [-0.39, 0.29) is 11.8 Å². The number of nitrogens with one attached hydrogen (secondary N) is 2. The van der Waals surface area contributed by atoms with E-state index >= 15 is 0 Å². The van der Waals surface area contributed by atoms with Gasteiger partial charge in [-0.05, 0) is 53.6 Å². The minimum atomic E-state index is -0.565. The van der Waals surface area contributed by atoms with Crippen LogP contribution in [-0.2, 0) is 9.59 Å². The van der Waals surface area contributed by atoms with Crippen molar-refractivity contribution in [2.75, 3.05) is 10.6 Å². The van der Waals surface area contributed by atoms with Crippen LogP contribution in [0, 0.1) is 0 Å². The lowest BCUT2D eigenvalue weighted by Crippen LogP contribution is -2.19. The van der Waals surface area contributed by atoms with E-state index in [9.17, 15) is 9.59 Å². The van der Waals surface area contributed by atoms with Gasteiger partial charge in [0.05, 0.1) is 10.7 Å². The molecule has 0 saturated carbocycles. The molecule has 36 heavy (non-hydrogen) atoms. The molecule has 4 nitrogen and oxygen atoms in total. The van der Waals surface area contributed by atoms with Gasteiger partial charge in [0.2, 0.25) is 11.8 Å². The van der Waals surface area contributed by atoms with E-state index in [4.69, 9.17) is 23.2 Å². The Balaban J connectivity index is 1.51. The summed E-state index contributed by atoms with van der Waals surface area (Å²) in [6.45, 7) is 0. The van der Waals surface area contributed by atoms with Crippen molar-refractivity contribution in [2.45, 2.75) is 10.1 Å². The number of benzene rings is 4. The molecule has 4 aromatic carbocycles. The first-order valence-corrected chi connectivity index (χ1v) is 12.7. The molecule has 0 radical (unpaired) electrons. The third kappa shape index (κ3) is 7.25. The zero-order valence-corrected chi connectivity index (χ0v) is 21.4. The van der Waals surface area contributed by atoms with Gasteiger partial charge in [0.15, 0.2) is 0 Å². The average molecular weight is 533 g/mol. The molecule has 0 heterocycles. The minimum absolute atomic E-state index is 0.240. The smallest absolute Gasteiger partial charge is 0.248 e. The molecule has 0 aromatic heterocycles. The van der Waals surface area contributed by atoms with Gasteiger partial charge in [0.25, 0.3) is 0 Å². The van der Waals surface area contributed by atoms with Crippen molar-refractivity contribution >= 4 is 64.2 Å². The van der Waals surface area contributed by atoms with Gasteiger partial charge >= 0.3 is 0 Å². The first-order chi connectivity index (χ1) is 17.5. The summed E-state index contributed by atoms with van der Waals surface area (Å²) in [5, 5.41) is 6.08. The molecule has 2 amide bonds. The van der Waals surface area contributed by atoms with Crippen LogP contribution in [-0.4, -0.2) is 11.8 Å². The van der Waals surface area contributed by atoms with Crippen molar-refractivity contribution in [3.8, 4) is 0 Å². The van der Waals surface area contributed by atoms with Crippen molar-refractivity contribution < 1.29 is 9.59 Å². The van der Waals surface area contributed by atoms with Gasteiger partial charge in [0, 0.05) is 21.7 Å². The SMILES string of the molecule is O=C(/C=C/c1ccccc1)Nc1cccc(SC(C(=O)Nc2cc(Cl)ccc2Cl)c2ccccc2)c1. The molecule has 1 unspecified atom stereocenters. The van der Waals surface area contributed by atoms with Crippen LogP contribution < -0.4 is 10.6 Å². The van der Waals surface area contributed by atoms with Crippen molar-refractivity contribution in [3.05, 3.63) is 130 Å². The molecule has 0 aliphatic carbocycles. The Kier molecular flexibility index (Phi) is 8.85. The monoisotopic (exact) mass is 532 g/mol. The van der Waals surface area contributed by atoms with Gasteiger partial charge in [0.1, 0.15) is 5.25 Å². The van der Waals surface area contributed by atoms with Crippen molar-refractivity contribution in [2.24, 2.45) is 0 Å². The summed E-state index contributed by atoms with van der Waals surface area (Å²) in [7, 11) is 0. The second kappa shape index (κ2) is 12.5. The van der Waals surface area contributed by atoms with Gasteiger partial charge in [-0.1, -0.05) is 89.9 Å². The van der Waals surface area contributed by atoms with Gasteiger partial charge in [-0.2, -0.15) is 0 Å². The lowest BCUT2D eigenvalue weighted by molar-refractivity contribution is -0.116. The maximum atomic E-state index is 13.4. The number of thioether (sulfide) groups is 1. The summed E-state index contributed by atoms with van der Waals surface area (Å²) >= 11 is 13.7. The molecule has 4 rings (SSSR count). The molecule has 4 aromatic rings. The molecule has 180 valence electrons. The van der Waals surface area contributed by atoms with Crippen molar-refractivity contribution in [1.82, 2.24) is 0 Å².